The van der Waals surface area contributed by atoms with Crippen LogP contribution in [0.1, 0.15) is 94.6 Å². The molecule has 2 bridgehead atoms. The van der Waals surface area contributed by atoms with Gasteiger partial charge < -0.3 is 24.8 Å². The molecular formula is C35H43Cl2SSiZr. The second-order valence-electron chi connectivity index (χ2n) is 12.4. The third-order valence-electron chi connectivity index (χ3n) is 8.96. The number of allylic oxidation sites excluding steroid dienone is 2. The number of unbranched alkanes of at least 4 members (excludes halogenated alkanes) is 3. The number of rotatable bonds is 7. The molecule has 0 radical (unpaired) electrons. The molecule has 3 aromatic rings. The molecule has 0 saturated heterocycles. The van der Waals surface area contributed by atoms with Crippen LogP contribution in [0.3, 0.4) is 0 Å². The van der Waals surface area contributed by atoms with Crippen LogP contribution in [-0.2, 0) is 31.1 Å². The Morgan fingerprint density at radius 1 is 0.925 bits per heavy atom. The summed E-state index contributed by atoms with van der Waals surface area (Å²) in [6, 6.07) is 18.6. The Morgan fingerprint density at radius 3 is 2.23 bits per heavy atom. The van der Waals surface area contributed by atoms with Crippen molar-refractivity contribution < 1.29 is 49.5 Å². The van der Waals surface area contributed by atoms with Gasteiger partial charge in [0.15, 0.2) is 0 Å². The van der Waals surface area contributed by atoms with Gasteiger partial charge in [-0.2, -0.15) is 0 Å². The van der Waals surface area contributed by atoms with Gasteiger partial charge in [-0.25, -0.2) is 0 Å². The molecular weight excluding hydrogens is 643 g/mol. The SMILES string of the molecule is CC1=C2c3sc(C)cc3C1[Si]2(C)C.CCCCCCc1ccc(-c2cccc3c2C=C(C(C)C)[CH]3[Zr+2])cc1.[Cl-].[Cl-]. The Balaban J connectivity index is 0.000000247. The third-order valence-corrected chi connectivity index (χ3v) is 15.9. The van der Waals surface area contributed by atoms with Gasteiger partial charge in [0.1, 0.15) is 0 Å². The molecule has 0 saturated carbocycles. The van der Waals surface area contributed by atoms with E-state index in [0.29, 0.717) is 9.54 Å². The first-order valence-corrected chi connectivity index (χ1v) is 19.9. The molecule has 3 heterocycles. The van der Waals surface area contributed by atoms with E-state index in [0.717, 1.165) is 5.54 Å². The number of halogens is 2. The number of hydrogen-bond acceptors (Lipinski definition) is 1. The van der Waals surface area contributed by atoms with E-state index in [1.165, 1.54) is 64.8 Å². The van der Waals surface area contributed by atoms with Gasteiger partial charge in [0, 0.05) is 15.3 Å². The Kier molecular flexibility index (Phi) is 11.6. The summed E-state index contributed by atoms with van der Waals surface area (Å²) in [5.41, 5.74) is 13.1. The minimum Gasteiger partial charge on any atom is -1.00 e. The van der Waals surface area contributed by atoms with Crippen LogP contribution in [0, 0.1) is 12.8 Å². The molecule has 211 valence electrons. The minimum atomic E-state index is -0.995. The Bertz CT molecular complexity index is 1400. The monoisotopic (exact) mass is 683 g/mol. The summed E-state index contributed by atoms with van der Waals surface area (Å²) in [7, 11) is -0.995. The molecule has 0 N–H and O–H groups in total. The van der Waals surface area contributed by atoms with Crippen LogP contribution in [0.5, 0.6) is 0 Å². The standard InChI is InChI=1S/C24H29.C11H14SSi.2ClH.Zr/c1-4-5-6-7-9-19-12-14-20(15-13-19)23-11-8-10-21-16-22(18(2)3)17-24(21)23;1-6-5-8-9(12-6)11-7(2)10(8)13(11,3)4;;;/h8,10-18H,4-7,9H2,1-3H3;5,10H,1-4H3;2*1H;/q;;;;+2/p-2. The van der Waals surface area contributed by atoms with Crippen molar-refractivity contribution >= 4 is 30.7 Å². The number of fused-ring (bicyclic) bond motifs is 1. The van der Waals surface area contributed by atoms with Crippen LogP contribution >= 0.6 is 11.3 Å². The molecule has 2 unspecified atom stereocenters. The number of aryl methyl sites for hydroxylation is 2. The fraction of sp³-hybridized carbons (Fsp3) is 0.429. The van der Waals surface area contributed by atoms with Gasteiger partial charge in [0.2, 0.25) is 0 Å². The van der Waals surface area contributed by atoms with Gasteiger partial charge in [-0.05, 0) is 30.7 Å². The summed E-state index contributed by atoms with van der Waals surface area (Å²) in [5.74, 6) is 0.634. The Morgan fingerprint density at radius 2 is 1.62 bits per heavy atom. The molecule has 0 nitrogen and oxygen atoms in total. The van der Waals surface area contributed by atoms with Crippen molar-refractivity contribution in [2.45, 2.75) is 89.0 Å². The number of hydrogen-bond donors (Lipinski definition) is 0. The van der Waals surface area contributed by atoms with E-state index in [9.17, 15) is 0 Å². The fourth-order valence-corrected chi connectivity index (χ4v) is 15.0. The molecule has 0 fully saturated rings. The topological polar surface area (TPSA) is 0 Å². The average Bonchev–Trinajstić information content (AvgIpc) is 3.55. The second-order valence-corrected chi connectivity index (χ2v) is 19.6. The van der Waals surface area contributed by atoms with Crippen LogP contribution in [-0.4, -0.2) is 8.07 Å². The summed E-state index contributed by atoms with van der Waals surface area (Å²) in [6.07, 6.45) is 9.02. The van der Waals surface area contributed by atoms with Gasteiger partial charge in [0.05, 0.1) is 8.07 Å². The predicted octanol–water partition coefficient (Wildman–Crippen LogP) is 4.85. The van der Waals surface area contributed by atoms with Crippen LogP contribution in [0.25, 0.3) is 22.4 Å². The quantitative estimate of drug-likeness (QED) is 0.247. The first-order chi connectivity index (χ1) is 18.1. The van der Waals surface area contributed by atoms with Gasteiger partial charge in [-0.1, -0.05) is 32.0 Å². The number of benzene rings is 2. The van der Waals surface area contributed by atoms with Crippen LogP contribution in [0.4, 0.5) is 0 Å². The zero-order chi connectivity index (χ0) is 27.2. The smallest absolute Gasteiger partial charge is 1.00 e. The molecule has 2 aliphatic carbocycles. The van der Waals surface area contributed by atoms with E-state index < -0.39 is 8.07 Å². The van der Waals surface area contributed by atoms with Crippen molar-refractivity contribution in [1.29, 1.82) is 0 Å². The zero-order valence-corrected chi connectivity index (χ0v) is 30.9. The maximum absolute atomic E-state index is 2.52. The van der Waals surface area contributed by atoms with Gasteiger partial charge in [-0.3, -0.25) is 0 Å². The van der Waals surface area contributed by atoms with Crippen molar-refractivity contribution in [1.82, 2.24) is 0 Å². The van der Waals surface area contributed by atoms with Crippen molar-refractivity contribution in [3.8, 4) is 11.1 Å². The van der Waals surface area contributed by atoms with E-state index >= 15 is 0 Å². The van der Waals surface area contributed by atoms with Crippen molar-refractivity contribution in [2.75, 3.05) is 0 Å². The molecule has 7 rings (SSSR count). The maximum atomic E-state index is 2.52. The largest absolute Gasteiger partial charge is 1.00 e. The summed E-state index contributed by atoms with van der Waals surface area (Å²) in [5, 5.41) is 1.78. The normalized spacial score (nSPS) is 19.1. The Labute approximate surface area is 275 Å². The minimum absolute atomic E-state index is 0. The number of thiophene rings is 1. The molecule has 0 spiro atoms. The Hall–Kier alpha value is -0.700. The van der Waals surface area contributed by atoms with Crippen LogP contribution in [0.2, 0.25) is 13.1 Å². The van der Waals surface area contributed by atoms with Crippen molar-refractivity contribution in [3.05, 3.63) is 91.7 Å². The second kappa shape index (κ2) is 13.7. The van der Waals surface area contributed by atoms with Crippen molar-refractivity contribution in [2.24, 2.45) is 5.92 Å². The molecule has 40 heavy (non-hydrogen) atoms. The average molecular weight is 686 g/mol. The molecule has 2 atom stereocenters. The van der Waals surface area contributed by atoms with Gasteiger partial charge >= 0.3 is 156 Å². The molecule has 2 aromatic carbocycles. The summed E-state index contributed by atoms with van der Waals surface area (Å²) < 4.78 is 0.639. The molecule has 2 aliphatic heterocycles. The first kappa shape index (κ1) is 33.8. The summed E-state index contributed by atoms with van der Waals surface area (Å²) in [4.78, 5) is 3.14. The van der Waals surface area contributed by atoms with Crippen LogP contribution in [0.15, 0.2) is 59.7 Å². The summed E-state index contributed by atoms with van der Waals surface area (Å²) >= 11 is 3.61. The maximum Gasteiger partial charge on any atom is -1.00 e. The molecule has 4 aliphatic rings. The van der Waals surface area contributed by atoms with E-state index in [-0.39, 0.29) is 24.8 Å². The summed E-state index contributed by atoms with van der Waals surface area (Å²) in [6.45, 7) is 16.5. The van der Waals surface area contributed by atoms with Gasteiger partial charge in [0.25, 0.3) is 0 Å². The van der Waals surface area contributed by atoms with E-state index in [4.69, 9.17) is 0 Å². The molecule has 1 aromatic heterocycles. The molecule has 5 heteroatoms. The third kappa shape index (κ3) is 6.16. The van der Waals surface area contributed by atoms with Crippen LogP contribution < -0.4 is 24.8 Å². The fourth-order valence-electron chi connectivity index (χ4n) is 7.08. The van der Waals surface area contributed by atoms with E-state index in [1.54, 1.807) is 51.5 Å². The first-order valence-electron chi connectivity index (χ1n) is 14.6. The predicted molar refractivity (Wildman–Crippen MR) is 167 cm³/mol. The van der Waals surface area contributed by atoms with Gasteiger partial charge in [-0.15, -0.1) is 11.3 Å². The zero-order valence-electron chi connectivity index (χ0n) is 25.1. The van der Waals surface area contributed by atoms with E-state index in [1.807, 2.05) is 11.3 Å². The molecule has 0 amide bonds. The van der Waals surface area contributed by atoms with E-state index in [2.05, 4.69) is 102 Å². The van der Waals surface area contributed by atoms with Crippen molar-refractivity contribution in [3.63, 3.8) is 0 Å².